The summed E-state index contributed by atoms with van der Waals surface area (Å²) in [7, 11) is 1.62. The maximum Gasteiger partial charge on any atom is 0.165 e. The summed E-state index contributed by atoms with van der Waals surface area (Å²) >= 11 is 0. The van der Waals surface area contributed by atoms with Gasteiger partial charge in [-0.05, 0) is 6.07 Å². The zero-order valence-electron chi connectivity index (χ0n) is 9.19. The van der Waals surface area contributed by atoms with E-state index in [9.17, 15) is 0 Å². The summed E-state index contributed by atoms with van der Waals surface area (Å²) in [6.45, 7) is 1.56. The Kier molecular flexibility index (Phi) is 3.48. The molecule has 0 bridgehead atoms. The Bertz CT molecular complexity index is 367. The second-order valence-electron chi connectivity index (χ2n) is 3.43. The molecule has 0 aromatic heterocycles. The Morgan fingerprint density at radius 2 is 2.12 bits per heavy atom. The number of ether oxygens (including phenoxy) is 3. The SMILES string of the molecule is COc1cc(CCON)c2c(c1)OCCO2. The summed E-state index contributed by atoms with van der Waals surface area (Å²) in [4.78, 5) is 4.57. The summed E-state index contributed by atoms with van der Waals surface area (Å²) in [5.41, 5.74) is 0.986. The van der Waals surface area contributed by atoms with Gasteiger partial charge in [-0.25, -0.2) is 5.90 Å². The molecule has 0 amide bonds. The summed E-state index contributed by atoms with van der Waals surface area (Å²) in [5.74, 6) is 7.25. The quantitative estimate of drug-likeness (QED) is 0.771. The van der Waals surface area contributed by atoms with E-state index in [0.717, 1.165) is 22.8 Å². The number of fused-ring (bicyclic) bond motifs is 1. The molecule has 1 aromatic rings. The van der Waals surface area contributed by atoms with Gasteiger partial charge in [-0.15, -0.1) is 0 Å². The maximum atomic E-state index is 5.57. The van der Waals surface area contributed by atoms with Crippen molar-refractivity contribution in [2.45, 2.75) is 6.42 Å². The van der Waals surface area contributed by atoms with Crippen LogP contribution in [0.4, 0.5) is 0 Å². The second-order valence-corrected chi connectivity index (χ2v) is 3.43. The van der Waals surface area contributed by atoms with E-state index in [4.69, 9.17) is 20.1 Å². The summed E-state index contributed by atoms with van der Waals surface area (Å²) in [5, 5.41) is 0. The van der Waals surface area contributed by atoms with Gasteiger partial charge in [-0.3, -0.25) is 0 Å². The molecule has 0 saturated carbocycles. The predicted octanol–water partition coefficient (Wildman–Crippen LogP) is 0.899. The lowest BCUT2D eigenvalue weighted by atomic mass is 10.1. The molecule has 1 aliphatic heterocycles. The van der Waals surface area contributed by atoms with Crippen LogP contribution in [0.5, 0.6) is 17.2 Å². The van der Waals surface area contributed by atoms with E-state index in [1.807, 2.05) is 12.1 Å². The first kappa shape index (κ1) is 11.0. The standard InChI is InChI=1S/C11H15NO4/c1-13-9-6-8(2-3-16-12)11-10(7-9)14-4-5-15-11/h6-7H,2-5,12H2,1H3. The maximum absolute atomic E-state index is 5.57. The van der Waals surface area contributed by atoms with E-state index in [1.165, 1.54) is 0 Å². The third-order valence-corrected chi connectivity index (χ3v) is 2.42. The van der Waals surface area contributed by atoms with Crippen molar-refractivity contribution >= 4 is 0 Å². The van der Waals surface area contributed by atoms with Crippen LogP contribution in [0.2, 0.25) is 0 Å². The molecule has 1 heterocycles. The van der Waals surface area contributed by atoms with Gasteiger partial charge in [0.2, 0.25) is 0 Å². The van der Waals surface area contributed by atoms with Crippen molar-refractivity contribution in [1.29, 1.82) is 0 Å². The van der Waals surface area contributed by atoms with Crippen LogP contribution in [0.1, 0.15) is 5.56 Å². The summed E-state index contributed by atoms with van der Waals surface area (Å²) in [6, 6.07) is 3.73. The third-order valence-electron chi connectivity index (χ3n) is 2.42. The van der Waals surface area contributed by atoms with E-state index in [2.05, 4.69) is 4.84 Å². The number of hydrogen-bond donors (Lipinski definition) is 1. The molecule has 0 fully saturated rings. The number of nitrogens with two attached hydrogens (primary N) is 1. The molecule has 2 N–H and O–H groups in total. The molecule has 5 nitrogen and oxygen atoms in total. The van der Waals surface area contributed by atoms with Crippen LogP contribution < -0.4 is 20.1 Å². The molecular formula is C11H15NO4. The first-order chi connectivity index (χ1) is 7.85. The molecule has 0 unspecified atom stereocenters. The normalized spacial score (nSPS) is 13.6. The monoisotopic (exact) mass is 225 g/mol. The van der Waals surface area contributed by atoms with Gasteiger partial charge in [0.25, 0.3) is 0 Å². The third kappa shape index (κ3) is 2.20. The fourth-order valence-corrected chi connectivity index (χ4v) is 1.67. The molecule has 0 aliphatic carbocycles. The molecule has 0 atom stereocenters. The molecule has 0 spiro atoms. The zero-order chi connectivity index (χ0) is 11.4. The van der Waals surface area contributed by atoms with Crippen molar-refractivity contribution in [2.75, 3.05) is 26.9 Å². The minimum Gasteiger partial charge on any atom is -0.497 e. The summed E-state index contributed by atoms with van der Waals surface area (Å²) in [6.07, 6.45) is 0.666. The topological polar surface area (TPSA) is 62.9 Å². The molecule has 0 radical (unpaired) electrons. The average molecular weight is 225 g/mol. The van der Waals surface area contributed by atoms with Gasteiger partial charge in [0.15, 0.2) is 11.5 Å². The predicted molar refractivity (Wildman–Crippen MR) is 57.8 cm³/mol. The van der Waals surface area contributed by atoms with E-state index in [-0.39, 0.29) is 0 Å². The van der Waals surface area contributed by atoms with Crippen molar-refractivity contribution in [3.8, 4) is 17.2 Å². The lowest BCUT2D eigenvalue weighted by Crippen LogP contribution is -2.17. The Morgan fingerprint density at radius 1 is 1.31 bits per heavy atom. The minimum atomic E-state index is 0.433. The van der Waals surface area contributed by atoms with Gasteiger partial charge in [0, 0.05) is 18.1 Å². The molecular weight excluding hydrogens is 210 g/mol. The van der Waals surface area contributed by atoms with Gasteiger partial charge >= 0.3 is 0 Å². The van der Waals surface area contributed by atoms with Gasteiger partial charge < -0.3 is 19.0 Å². The van der Waals surface area contributed by atoms with Gasteiger partial charge in [-0.1, -0.05) is 0 Å². The highest BCUT2D eigenvalue weighted by Gasteiger charge is 2.17. The Morgan fingerprint density at radius 3 is 2.88 bits per heavy atom. The molecule has 1 aliphatic rings. The molecule has 5 heteroatoms. The van der Waals surface area contributed by atoms with Gasteiger partial charge in [0.05, 0.1) is 13.7 Å². The zero-order valence-corrected chi connectivity index (χ0v) is 9.19. The average Bonchev–Trinajstić information content (AvgIpc) is 2.35. The van der Waals surface area contributed by atoms with Crippen LogP contribution in [-0.2, 0) is 11.3 Å². The number of rotatable bonds is 4. The molecule has 0 saturated heterocycles. The fraction of sp³-hybridized carbons (Fsp3) is 0.455. The van der Waals surface area contributed by atoms with Gasteiger partial charge in [0.1, 0.15) is 19.0 Å². The number of methoxy groups -OCH3 is 1. The second kappa shape index (κ2) is 5.05. The first-order valence-corrected chi connectivity index (χ1v) is 5.13. The van der Waals surface area contributed by atoms with E-state index in [1.54, 1.807) is 7.11 Å². The lowest BCUT2D eigenvalue weighted by molar-refractivity contribution is 0.137. The minimum absolute atomic E-state index is 0.433. The van der Waals surface area contributed by atoms with E-state index < -0.39 is 0 Å². The Balaban J connectivity index is 2.31. The number of benzene rings is 1. The van der Waals surface area contributed by atoms with E-state index in [0.29, 0.717) is 26.2 Å². The van der Waals surface area contributed by atoms with Crippen LogP contribution in [0.15, 0.2) is 12.1 Å². The molecule has 16 heavy (non-hydrogen) atoms. The van der Waals surface area contributed by atoms with E-state index >= 15 is 0 Å². The largest absolute Gasteiger partial charge is 0.497 e. The fourth-order valence-electron chi connectivity index (χ4n) is 1.67. The van der Waals surface area contributed by atoms with Crippen LogP contribution in [0, 0.1) is 0 Å². The molecule has 88 valence electrons. The molecule has 2 rings (SSSR count). The van der Waals surface area contributed by atoms with Crippen molar-refractivity contribution < 1.29 is 19.0 Å². The Hall–Kier alpha value is -1.46. The highest BCUT2D eigenvalue weighted by molar-refractivity contribution is 5.52. The van der Waals surface area contributed by atoms with Gasteiger partial charge in [-0.2, -0.15) is 0 Å². The van der Waals surface area contributed by atoms with Crippen LogP contribution in [-0.4, -0.2) is 26.9 Å². The first-order valence-electron chi connectivity index (χ1n) is 5.13. The van der Waals surface area contributed by atoms with Crippen LogP contribution >= 0.6 is 0 Å². The van der Waals surface area contributed by atoms with Crippen molar-refractivity contribution in [1.82, 2.24) is 0 Å². The van der Waals surface area contributed by atoms with Crippen molar-refractivity contribution in [3.05, 3.63) is 17.7 Å². The van der Waals surface area contributed by atoms with Crippen LogP contribution in [0.3, 0.4) is 0 Å². The van der Waals surface area contributed by atoms with Crippen molar-refractivity contribution in [2.24, 2.45) is 5.90 Å². The number of hydrogen-bond acceptors (Lipinski definition) is 5. The Labute approximate surface area is 94.0 Å². The van der Waals surface area contributed by atoms with Crippen molar-refractivity contribution in [3.63, 3.8) is 0 Å². The highest BCUT2D eigenvalue weighted by Crippen LogP contribution is 2.37. The lowest BCUT2D eigenvalue weighted by Gasteiger charge is -2.21. The highest BCUT2D eigenvalue weighted by atomic mass is 16.6. The van der Waals surface area contributed by atoms with Crippen LogP contribution in [0.25, 0.3) is 0 Å². The smallest absolute Gasteiger partial charge is 0.165 e. The molecule has 1 aromatic carbocycles. The summed E-state index contributed by atoms with van der Waals surface area (Å²) < 4.78 is 16.3.